The second kappa shape index (κ2) is 15.9. The molecule has 12 aromatic carbocycles. The SMILES string of the molecule is C=C(c1ccc(-c2ccc3cc(-c4ccc(-c5nc6ccccc6c6nc7c8ccccc8c8ccccc8c7n56)cc4)ccc3c2)cc1)n1c(-c2ccccc2C)nc2c3ccccc3c3ccccc3c21. The standard InChI is InChI=1S/C68H43N5/c1-41-15-3-4-16-51(41)67-70-62-56-21-9-5-17-52(56)54-19-7-11-23-58(54)64(62)72(67)42(2)43-27-29-44(30-28-43)47-35-37-50-40-48(36-38-49(50)39-47)45-31-33-46(34-32-45)66-69-61-26-14-13-25-60(61)68-71-63-57-22-10-6-18-53(57)55-20-8-12-24-59(55)65(63)73(66)68/h3-40H,2H2,1H3. The zero-order chi connectivity index (χ0) is 48.3. The van der Waals surface area contributed by atoms with Crippen molar-refractivity contribution in [3.05, 3.63) is 248 Å². The van der Waals surface area contributed by atoms with E-state index < -0.39 is 0 Å². The third-order valence-electron chi connectivity index (χ3n) is 15.2. The fourth-order valence-corrected chi connectivity index (χ4v) is 11.6. The average molecular weight is 930 g/mol. The zero-order valence-corrected chi connectivity index (χ0v) is 39.9. The summed E-state index contributed by atoms with van der Waals surface area (Å²) >= 11 is 0. The highest BCUT2D eigenvalue weighted by atomic mass is 15.1. The minimum atomic E-state index is 0.871. The lowest BCUT2D eigenvalue weighted by Crippen LogP contribution is -2.02. The number of imidazole rings is 2. The molecule has 0 amide bonds. The highest BCUT2D eigenvalue weighted by Crippen LogP contribution is 2.42. The van der Waals surface area contributed by atoms with Gasteiger partial charge >= 0.3 is 0 Å². The molecule has 0 radical (unpaired) electrons. The summed E-state index contributed by atoms with van der Waals surface area (Å²) in [6, 6.07) is 82.6. The third-order valence-corrected chi connectivity index (χ3v) is 15.2. The van der Waals surface area contributed by atoms with E-state index in [0.717, 1.165) is 116 Å². The zero-order valence-electron chi connectivity index (χ0n) is 39.9. The minimum Gasteiger partial charge on any atom is -0.292 e. The second-order valence-electron chi connectivity index (χ2n) is 19.3. The maximum Gasteiger partial charge on any atom is 0.149 e. The lowest BCUT2D eigenvalue weighted by molar-refractivity contribution is 1.13. The molecule has 0 aliphatic heterocycles. The number of nitrogens with zero attached hydrogens (tertiary/aromatic N) is 5. The van der Waals surface area contributed by atoms with Crippen LogP contribution in [-0.2, 0) is 0 Å². The van der Waals surface area contributed by atoms with Gasteiger partial charge in [0.2, 0.25) is 0 Å². The molecule has 0 saturated heterocycles. The number of hydrogen-bond acceptors (Lipinski definition) is 3. The van der Waals surface area contributed by atoms with E-state index in [2.05, 4.69) is 246 Å². The van der Waals surface area contributed by atoms with E-state index >= 15 is 0 Å². The lowest BCUT2D eigenvalue weighted by Gasteiger charge is -2.16. The van der Waals surface area contributed by atoms with Crippen LogP contribution in [0.1, 0.15) is 11.1 Å². The predicted molar refractivity (Wildman–Crippen MR) is 306 cm³/mol. The lowest BCUT2D eigenvalue weighted by atomic mass is 9.96. The number of aryl methyl sites for hydroxylation is 1. The van der Waals surface area contributed by atoms with E-state index in [1.807, 2.05) is 0 Å². The largest absolute Gasteiger partial charge is 0.292 e. The van der Waals surface area contributed by atoms with Crippen molar-refractivity contribution in [1.82, 2.24) is 23.9 Å². The number of rotatable bonds is 6. The van der Waals surface area contributed by atoms with Crippen molar-refractivity contribution in [3.63, 3.8) is 0 Å². The van der Waals surface area contributed by atoms with Gasteiger partial charge in [-0.1, -0.05) is 213 Å². The Morgan fingerprint density at radius 3 is 1.42 bits per heavy atom. The van der Waals surface area contributed by atoms with Crippen molar-refractivity contribution in [2.75, 3.05) is 0 Å². The molecule has 73 heavy (non-hydrogen) atoms. The van der Waals surface area contributed by atoms with Gasteiger partial charge in [0.15, 0.2) is 0 Å². The predicted octanol–water partition coefficient (Wildman–Crippen LogP) is 17.6. The molecule has 15 rings (SSSR count). The first-order chi connectivity index (χ1) is 36.0. The molecule has 5 nitrogen and oxygen atoms in total. The molecule has 0 fully saturated rings. The molecule has 0 atom stereocenters. The highest BCUT2D eigenvalue weighted by molar-refractivity contribution is 6.26. The first kappa shape index (κ1) is 41.1. The number of fused-ring (bicyclic) bond motifs is 17. The average Bonchev–Trinajstić information content (AvgIpc) is 4.10. The van der Waals surface area contributed by atoms with Crippen molar-refractivity contribution in [2.45, 2.75) is 6.92 Å². The van der Waals surface area contributed by atoms with E-state index in [1.165, 1.54) is 37.9 Å². The van der Waals surface area contributed by atoms with E-state index in [0.29, 0.717) is 0 Å². The van der Waals surface area contributed by atoms with Crippen LogP contribution in [-0.4, -0.2) is 23.9 Å². The van der Waals surface area contributed by atoms with Crippen LogP contribution in [0.4, 0.5) is 0 Å². The van der Waals surface area contributed by atoms with Gasteiger partial charge in [0, 0.05) is 43.8 Å². The monoisotopic (exact) mass is 929 g/mol. The van der Waals surface area contributed by atoms with Crippen molar-refractivity contribution >= 4 is 98.2 Å². The summed E-state index contributed by atoms with van der Waals surface area (Å²) in [7, 11) is 0. The van der Waals surface area contributed by atoms with E-state index in [4.69, 9.17) is 21.5 Å². The molecule has 15 aromatic rings. The summed E-state index contributed by atoms with van der Waals surface area (Å²) in [5, 5.41) is 12.8. The van der Waals surface area contributed by atoms with Gasteiger partial charge in [-0.15, -0.1) is 0 Å². The van der Waals surface area contributed by atoms with Crippen LogP contribution >= 0.6 is 0 Å². The quantitative estimate of drug-likeness (QED) is 0.156. The van der Waals surface area contributed by atoms with Gasteiger partial charge < -0.3 is 0 Å². The van der Waals surface area contributed by atoms with Gasteiger partial charge in [-0.05, 0) is 96.9 Å². The Hall–Kier alpha value is -9.71. The highest BCUT2D eigenvalue weighted by Gasteiger charge is 2.23. The van der Waals surface area contributed by atoms with Crippen molar-refractivity contribution in [3.8, 4) is 45.0 Å². The summed E-state index contributed by atoms with van der Waals surface area (Å²) < 4.78 is 4.57. The molecule has 0 unspecified atom stereocenters. The summed E-state index contributed by atoms with van der Waals surface area (Å²) in [5.41, 5.74) is 15.8. The Bertz CT molecular complexity index is 4810. The van der Waals surface area contributed by atoms with Crippen LogP contribution in [0.3, 0.4) is 0 Å². The van der Waals surface area contributed by atoms with Crippen LogP contribution in [0.15, 0.2) is 237 Å². The van der Waals surface area contributed by atoms with Gasteiger partial charge in [-0.25, -0.2) is 15.0 Å². The number of benzene rings is 12. The van der Waals surface area contributed by atoms with Gasteiger partial charge in [0.25, 0.3) is 0 Å². The maximum absolute atomic E-state index is 5.44. The smallest absolute Gasteiger partial charge is 0.149 e. The normalized spacial score (nSPS) is 12.0. The second-order valence-corrected chi connectivity index (χ2v) is 19.3. The molecule has 3 aromatic heterocycles. The van der Waals surface area contributed by atoms with Crippen LogP contribution < -0.4 is 0 Å². The first-order valence-electron chi connectivity index (χ1n) is 24.9. The Labute approximate surface area is 420 Å². The number of para-hydroxylation sites is 1. The molecule has 0 spiro atoms. The van der Waals surface area contributed by atoms with Crippen LogP contribution in [0.25, 0.3) is 143 Å². The van der Waals surface area contributed by atoms with E-state index in [9.17, 15) is 0 Å². The first-order valence-corrected chi connectivity index (χ1v) is 24.9. The molecule has 5 heteroatoms. The summed E-state index contributed by atoms with van der Waals surface area (Å²) in [6.07, 6.45) is 0. The van der Waals surface area contributed by atoms with Crippen molar-refractivity contribution < 1.29 is 0 Å². The van der Waals surface area contributed by atoms with Crippen LogP contribution in [0.2, 0.25) is 0 Å². The van der Waals surface area contributed by atoms with Gasteiger partial charge in [-0.2, -0.15) is 0 Å². The molecule has 0 N–H and O–H groups in total. The topological polar surface area (TPSA) is 48.0 Å². The van der Waals surface area contributed by atoms with Gasteiger partial charge in [-0.3, -0.25) is 8.97 Å². The molecular formula is C68H43N5. The van der Waals surface area contributed by atoms with Crippen molar-refractivity contribution in [2.24, 2.45) is 0 Å². The molecule has 0 saturated carbocycles. The molecule has 3 heterocycles. The fourth-order valence-electron chi connectivity index (χ4n) is 11.6. The summed E-state index contributed by atoms with van der Waals surface area (Å²) in [6.45, 7) is 6.94. The van der Waals surface area contributed by atoms with Crippen molar-refractivity contribution in [1.29, 1.82) is 0 Å². The molecule has 340 valence electrons. The van der Waals surface area contributed by atoms with Gasteiger partial charge in [0.05, 0.1) is 27.6 Å². The van der Waals surface area contributed by atoms with E-state index in [1.54, 1.807) is 0 Å². The Kier molecular flexibility index (Phi) is 8.96. The summed E-state index contributed by atoms with van der Waals surface area (Å²) in [5.74, 6) is 1.76. The number of aromatic nitrogens is 5. The van der Waals surface area contributed by atoms with Crippen LogP contribution in [0, 0.1) is 6.92 Å². The molecular weight excluding hydrogens is 887 g/mol. The summed E-state index contributed by atoms with van der Waals surface area (Å²) in [4.78, 5) is 16.2. The maximum atomic E-state index is 5.44. The van der Waals surface area contributed by atoms with Gasteiger partial charge in [0.1, 0.15) is 17.3 Å². The molecule has 0 aliphatic carbocycles. The fraction of sp³-hybridized carbons (Fsp3) is 0.0147. The van der Waals surface area contributed by atoms with E-state index in [-0.39, 0.29) is 0 Å². The Morgan fingerprint density at radius 1 is 0.370 bits per heavy atom. The third kappa shape index (κ3) is 6.25. The molecule has 0 bridgehead atoms. The number of hydrogen-bond donors (Lipinski definition) is 0. The minimum absolute atomic E-state index is 0.871. The Morgan fingerprint density at radius 2 is 0.822 bits per heavy atom. The molecule has 0 aliphatic rings. The Balaban J connectivity index is 0.772. The van der Waals surface area contributed by atoms with Crippen LogP contribution in [0.5, 0.6) is 0 Å².